The molecule has 0 bridgehead atoms. The Morgan fingerprint density at radius 2 is 1.76 bits per heavy atom. The molecule has 38 heavy (non-hydrogen) atoms. The summed E-state index contributed by atoms with van der Waals surface area (Å²) in [4.78, 5) is 30.5. The van der Waals surface area contributed by atoms with Gasteiger partial charge in [-0.05, 0) is 56.1 Å². The molecule has 3 heterocycles. The highest BCUT2D eigenvalue weighted by Gasteiger charge is 2.66. The maximum absolute atomic E-state index is 15.6. The molecular weight excluding hydrogens is 499 g/mol. The first-order valence-corrected chi connectivity index (χ1v) is 16.9. The lowest BCUT2D eigenvalue weighted by atomic mass is 9.82. The minimum Gasteiger partial charge on any atom is -0.396 e. The molecule has 4 atom stereocenters. The van der Waals surface area contributed by atoms with Crippen molar-refractivity contribution in [3.63, 3.8) is 0 Å². The summed E-state index contributed by atoms with van der Waals surface area (Å²) in [6.07, 6.45) is 4.58. The normalized spacial score (nSPS) is 28.1. The number of rotatable bonds is 6. The van der Waals surface area contributed by atoms with Gasteiger partial charge in [0.05, 0.1) is 18.3 Å². The topological polar surface area (TPSA) is 70.1 Å². The summed E-state index contributed by atoms with van der Waals surface area (Å²) in [7, 11) is -3.20. The van der Waals surface area contributed by atoms with Gasteiger partial charge in [-0.15, -0.1) is 0 Å². The zero-order valence-electron chi connectivity index (χ0n) is 22.7. The second-order valence-electron chi connectivity index (χ2n) is 11.6. The molecule has 6 nitrogen and oxygen atoms in total. The SMILES string of the molecule is C[C@@H]1[C@@H]([Si](C)(C)F)[C@H](CCO)O[C@@]12C(=O)N(Cc1ccc(N3CCCCCCC3=O)cc1)c1ccccc12. The van der Waals surface area contributed by atoms with Crippen LogP contribution in [0.25, 0.3) is 0 Å². The average molecular weight is 539 g/mol. The van der Waals surface area contributed by atoms with E-state index in [0.29, 0.717) is 19.4 Å². The van der Waals surface area contributed by atoms with Gasteiger partial charge in [0.2, 0.25) is 14.3 Å². The van der Waals surface area contributed by atoms with Crippen LogP contribution in [0.3, 0.4) is 0 Å². The van der Waals surface area contributed by atoms with Crippen molar-refractivity contribution in [3.8, 4) is 0 Å². The molecule has 0 aliphatic carbocycles. The van der Waals surface area contributed by atoms with Gasteiger partial charge >= 0.3 is 0 Å². The summed E-state index contributed by atoms with van der Waals surface area (Å²) in [5.74, 6) is -0.357. The van der Waals surface area contributed by atoms with E-state index in [4.69, 9.17) is 4.74 Å². The van der Waals surface area contributed by atoms with E-state index in [-0.39, 0.29) is 24.3 Å². The van der Waals surface area contributed by atoms with E-state index in [2.05, 4.69) is 0 Å². The fraction of sp³-hybridized carbons (Fsp3) is 0.533. The van der Waals surface area contributed by atoms with Gasteiger partial charge in [-0.25, -0.2) is 0 Å². The molecule has 3 aliphatic heterocycles. The largest absolute Gasteiger partial charge is 0.396 e. The molecule has 2 amide bonds. The zero-order valence-corrected chi connectivity index (χ0v) is 23.7. The van der Waals surface area contributed by atoms with Crippen molar-refractivity contribution in [3.05, 3.63) is 59.7 Å². The van der Waals surface area contributed by atoms with Crippen molar-refractivity contribution in [2.24, 2.45) is 5.92 Å². The molecular formula is C30H39FN2O4Si. The quantitative estimate of drug-likeness (QED) is 0.379. The lowest BCUT2D eigenvalue weighted by Gasteiger charge is -2.31. The number of carbonyl (C=O) groups is 2. The smallest absolute Gasteiger partial charge is 0.264 e. The third-order valence-corrected chi connectivity index (χ3v) is 11.2. The van der Waals surface area contributed by atoms with Gasteiger partial charge < -0.3 is 23.8 Å². The van der Waals surface area contributed by atoms with Crippen LogP contribution in [0.5, 0.6) is 0 Å². The molecule has 5 rings (SSSR count). The fourth-order valence-corrected chi connectivity index (χ4v) is 9.49. The Balaban J connectivity index is 1.44. The van der Waals surface area contributed by atoms with E-state index < -0.39 is 25.7 Å². The third-order valence-electron chi connectivity index (χ3n) is 8.69. The lowest BCUT2D eigenvalue weighted by molar-refractivity contribution is -0.146. The molecule has 0 radical (unpaired) electrons. The Hall–Kier alpha value is -2.55. The Bertz CT molecular complexity index is 1180. The number of aliphatic hydroxyl groups excluding tert-OH is 1. The van der Waals surface area contributed by atoms with Crippen LogP contribution in [0.2, 0.25) is 18.6 Å². The Morgan fingerprint density at radius 3 is 2.47 bits per heavy atom. The Labute approximate surface area is 226 Å². The molecule has 0 unspecified atom stereocenters. The van der Waals surface area contributed by atoms with Gasteiger partial charge in [-0.2, -0.15) is 0 Å². The van der Waals surface area contributed by atoms with Crippen LogP contribution in [0.4, 0.5) is 15.5 Å². The highest BCUT2D eigenvalue weighted by molar-refractivity contribution is 6.72. The van der Waals surface area contributed by atoms with Gasteiger partial charge in [0, 0.05) is 42.3 Å². The van der Waals surface area contributed by atoms with Gasteiger partial charge in [-0.3, -0.25) is 9.59 Å². The number of hydrogen-bond acceptors (Lipinski definition) is 4. The lowest BCUT2D eigenvalue weighted by Crippen LogP contribution is -2.45. The summed E-state index contributed by atoms with van der Waals surface area (Å²) in [6.45, 7) is 6.25. The van der Waals surface area contributed by atoms with Crippen LogP contribution in [0.15, 0.2) is 48.5 Å². The Morgan fingerprint density at radius 1 is 1.05 bits per heavy atom. The minimum atomic E-state index is -3.20. The van der Waals surface area contributed by atoms with E-state index in [1.54, 1.807) is 18.0 Å². The highest BCUT2D eigenvalue weighted by Crippen LogP contribution is 2.60. The number of aliphatic hydroxyl groups is 1. The first-order chi connectivity index (χ1) is 18.2. The molecule has 2 fully saturated rings. The summed E-state index contributed by atoms with van der Waals surface area (Å²) >= 11 is 0. The van der Waals surface area contributed by atoms with Crippen LogP contribution in [0.1, 0.15) is 56.6 Å². The van der Waals surface area contributed by atoms with Crippen molar-refractivity contribution in [2.75, 3.05) is 23.0 Å². The summed E-state index contributed by atoms with van der Waals surface area (Å²) < 4.78 is 22.1. The van der Waals surface area contributed by atoms with Gasteiger partial charge in [0.25, 0.3) is 5.91 Å². The molecule has 204 valence electrons. The maximum Gasteiger partial charge on any atom is 0.264 e. The number of hydrogen-bond donors (Lipinski definition) is 1. The molecule has 0 aromatic heterocycles. The second-order valence-corrected chi connectivity index (χ2v) is 15.4. The number of ether oxygens (including phenoxy) is 1. The predicted octanol–water partition coefficient (Wildman–Crippen LogP) is 5.69. The van der Waals surface area contributed by atoms with E-state index in [1.165, 1.54) is 0 Å². The van der Waals surface area contributed by atoms with Crippen molar-refractivity contribution < 1.29 is 23.5 Å². The number of para-hydroxylation sites is 1. The number of amides is 2. The van der Waals surface area contributed by atoms with Crippen molar-refractivity contribution in [1.29, 1.82) is 0 Å². The van der Waals surface area contributed by atoms with Crippen LogP contribution >= 0.6 is 0 Å². The predicted molar refractivity (Wildman–Crippen MR) is 149 cm³/mol. The summed E-state index contributed by atoms with van der Waals surface area (Å²) in [6, 6.07) is 15.6. The first-order valence-electron chi connectivity index (χ1n) is 14.0. The van der Waals surface area contributed by atoms with Crippen LogP contribution < -0.4 is 9.80 Å². The van der Waals surface area contributed by atoms with Crippen LogP contribution in [0, 0.1) is 5.92 Å². The summed E-state index contributed by atoms with van der Waals surface area (Å²) in [5, 5.41) is 9.69. The number of carbonyl (C=O) groups excluding carboxylic acids is 2. The van der Waals surface area contributed by atoms with Gasteiger partial charge in [-0.1, -0.05) is 50.1 Å². The Kier molecular flexibility index (Phi) is 7.50. The molecule has 2 saturated heterocycles. The third kappa shape index (κ3) is 4.60. The molecule has 2 aromatic carbocycles. The molecule has 0 saturated carbocycles. The van der Waals surface area contributed by atoms with E-state index in [1.807, 2.05) is 60.4 Å². The van der Waals surface area contributed by atoms with Gasteiger partial charge in [0.1, 0.15) is 0 Å². The monoisotopic (exact) mass is 538 g/mol. The van der Waals surface area contributed by atoms with Gasteiger partial charge in [0.15, 0.2) is 5.60 Å². The maximum atomic E-state index is 15.6. The second kappa shape index (κ2) is 10.5. The molecule has 1 N–H and O–H groups in total. The number of halogens is 1. The average Bonchev–Trinajstić information content (AvgIpc) is 3.30. The van der Waals surface area contributed by atoms with Crippen molar-refractivity contribution in [1.82, 2.24) is 0 Å². The van der Waals surface area contributed by atoms with Crippen molar-refractivity contribution >= 4 is 31.6 Å². The van der Waals surface area contributed by atoms with E-state index in [0.717, 1.165) is 54.7 Å². The first kappa shape index (κ1) is 27.0. The molecule has 3 aliphatic rings. The number of anilines is 2. The summed E-state index contributed by atoms with van der Waals surface area (Å²) in [5.41, 5.74) is 1.75. The van der Waals surface area contributed by atoms with Crippen LogP contribution in [-0.4, -0.2) is 44.6 Å². The molecule has 8 heteroatoms. The number of nitrogens with zero attached hydrogens (tertiary/aromatic N) is 2. The molecule has 2 aromatic rings. The minimum absolute atomic E-state index is 0.111. The number of fused-ring (bicyclic) bond motifs is 2. The van der Waals surface area contributed by atoms with E-state index in [9.17, 15) is 14.7 Å². The van der Waals surface area contributed by atoms with Crippen molar-refractivity contribution in [2.45, 2.75) is 82.3 Å². The fourth-order valence-electron chi connectivity index (χ4n) is 6.95. The number of benzene rings is 2. The zero-order chi connectivity index (χ0) is 27.1. The van der Waals surface area contributed by atoms with E-state index >= 15 is 4.11 Å². The molecule has 1 spiro atoms. The highest BCUT2D eigenvalue weighted by atomic mass is 28.4. The van der Waals surface area contributed by atoms with Crippen LogP contribution in [-0.2, 0) is 26.5 Å². The standard InChI is InChI=1S/C30H39FN2O4Si/c1-21-28(38(2,3)31)26(17-19-34)37-30(21)24-10-7-8-11-25(24)33(29(30)36)20-22-13-15-23(16-14-22)32-18-9-5-4-6-12-27(32)35/h7-8,10-11,13-16,21,26,28,34H,4-6,9,12,17-20H2,1-3H3/t21-,26+,28-,30+/m1/s1.